The van der Waals surface area contributed by atoms with Gasteiger partial charge in [0.1, 0.15) is 11.5 Å². The summed E-state index contributed by atoms with van der Waals surface area (Å²) in [5.41, 5.74) is 2.37. The fourth-order valence-electron chi connectivity index (χ4n) is 5.17. The van der Waals surface area contributed by atoms with Gasteiger partial charge in [-0.15, -0.1) is 21.5 Å². The highest BCUT2D eigenvalue weighted by Crippen LogP contribution is 2.33. The van der Waals surface area contributed by atoms with Crippen molar-refractivity contribution in [2.45, 2.75) is 91.4 Å². The minimum Gasteiger partial charge on any atom is -0.497 e. The van der Waals surface area contributed by atoms with E-state index in [-0.39, 0.29) is 5.41 Å². The first-order valence-corrected chi connectivity index (χ1v) is 16.0. The fourth-order valence-corrected chi connectivity index (χ4v) is 6.17. The zero-order chi connectivity index (χ0) is 29.4. The van der Waals surface area contributed by atoms with Crippen molar-refractivity contribution in [3.8, 4) is 22.9 Å². The molecular formula is C33H47N5O2S. The third-order valence-electron chi connectivity index (χ3n) is 7.47. The Kier molecular flexibility index (Phi) is 10.6. The van der Waals surface area contributed by atoms with E-state index in [9.17, 15) is 0 Å². The molecule has 0 saturated carbocycles. The summed E-state index contributed by atoms with van der Waals surface area (Å²) in [6, 6.07) is 10.2. The molecule has 0 amide bonds. The van der Waals surface area contributed by atoms with Crippen LogP contribution in [0.3, 0.4) is 0 Å². The molecule has 0 aliphatic carbocycles. The van der Waals surface area contributed by atoms with Crippen LogP contribution in [0.15, 0.2) is 30.3 Å². The van der Waals surface area contributed by atoms with Gasteiger partial charge in [0.2, 0.25) is 0 Å². The Balaban J connectivity index is 1.73. The quantitative estimate of drug-likeness (QED) is 0.135. The van der Waals surface area contributed by atoms with Crippen molar-refractivity contribution in [2.24, 2.45) is 0 Å². The lowest BCUT2D eigenvalue weighted by molar-refractivity contribution is 0.404. The lowest BCUT2D eigenvalue weighted by Crippen LogP contribution is -2.24. The Bertz CT molecular complexity index is 1440. The van der Waals surface area contributed by atoms with Gasteiger partial charge in [-0.05, 0) is 49.2 Å². The maximum absolute atomic E-state index is 5.65. The molecule has 3 aromatic heterocycles. The van der Waals surface area contributed by atoms with Gasteiger partial charge in [-0.2, -0.15) is 9.61 Å². The number of ether oxygens (including phenoxy) is 2. The Morgan fingerprint density at radius 2 is 1.59 bits per heavy atom. The van der Waals surface area contributed by atoms with Crippen molar-refractivity contribution in [3.63, 3.8) is 0 Å². The molecule has 1 aromatic carbocycles. The molecule has 0 atom stereocenters. The topological polar surface area (TPSA) is 64.8 Å². The van der Waals surface area contributed by atoms with Gasteiger partial charge in [0.05, 0.1) is 30.5 Å². The third kappa shape index (κ3) is 7.39. The molecule has 0 aliphatic heterocycles. The van der Waals surface area contributed by atoms with Gasteiger partial charge in [0, 0.05) is 28.6 Å². The normalized spacial score (nSPS) is 12.4. The van der Waals surface area contributed by atoms with Crippen LogP contribution in [0.25, 0.3) is 23.1 Å². The largest absolute Gasteiger partial charge is 0.497 e. The standard InChI is InChI=1S/C33H47N5O2S/c1-8-10-12-14-20-37(21-15-13-11-9-2)29-19-17-25(41-29)23-27-30(33(3,4)5)36-38-31(34-35-32(27)38)26-22-24(39-6)16-18-28(26)40-7/h16-19,22-23H,8-15,20-21H2,1-7H3. The van der Waals surface area contributed by atoms with E-state index in [2.05, 4.69) is 67.9 Å². The van der Waals surface area contributed by atoms with Crippen molar-refractivity contribution < 1.29 is 9.47 Å². The van der Waals surface area contributed by atoms with Gasteiger partial charge >= 0.3 is 0 Å². The van der Waals surface area contributed by atoms with Crippen LogP contribution in [0.1, 0.15) is 96.6 Å². The van der Waals surface area contributed by atoms with Gasteiger partial charge in [0.15, 0.2) is 11.5 Å². The highest BCUT2D eigenvalue weighted by molar-refractivity contribution is 7.16. The summed E-state index contributed by atoms with van der Waals surface area (Å²) in [4.78, 5) is 3.80. The summed E-state index contributed by atoms with van der Waals surface area (Å²) in [6.45, 7) is 13.4. The maximum Gasteiger partial charge on any atom is 0.189 e. The molecule has 4 aromatic rings. The number of hydrogen-bond donors (Lipinski definition) is 0. The zero-order valence-corrected chi connectivity index (χ0v) is 26.8. The molecule has 0 N–H and O–H groups in total. The first-order chi connectivity index (χ1) is 19.8. The van der Waals surface area contributed by atoms with E-state index in [0.717, 1.165) is 41.0 Å². The second kappa shape index (κ2) is 14.2. The van der Waals surface area contributed by atoms with Gasteiger partial charge in [-0.3, -0.25) is 0 Å². The molecule has 0 radical (unpaired) electrons. The number of anilines is 1. The van der Waals surface area contributed by atoms with Crippen LogP contribution in [0.2, 0.25) is 0 Å². The Hall–Kier alpha value is -3.13. The Morgan fingerprint density at radius 3 is 2.20 bits per heavy atom. The third-order valence-corrected chi connectivity index (χ3v) is 8.56. The van der Waals surface area contributed by atoms with Gasteiger partial charge in [0.25, 0.3) is 0 Å². The summed E-state index contributed by atoms with van der Waals surface area (Å²) in [7, 11) is 3.32. The SMILES string of the molecule is CCCCCCN(CCCCCC)c1ccc(C=c2c(C(C)(C)C)nn3c(-c4cc(OC)ccc4OC)nnc23)s1. The molecule has 8 heteroatoms. The van der Waals surface area contributed by atoms with Crippen LogP contribution in [-0.2, 0) is 5.41 Å². The fraction of sp³-hybridized carbons (Fsp3) is 0.545. The molecule has 0 unspecified atom stereocenters. The highest BCUT2D eigenvalue weighted by Gasteiger charge is 2.25. The molecule has 0 spiro atoms. The first-order valence-electron chi connectivity index (χ1n) is 15.1. The van der Waals surface area contributed by atoms with Crippen LogP contribution in [0.4, 0.5) is 5.00 Å². The highest BCUT2D eigenvalue weighted by atomic mass is 32.1. The van der Waals surface area contributed by atoms with E-state index in [4.69, 9.17) is 14.6 Å². The van der Waals surface area contributed by atoms with Crippen LogP contribution in [-0.4, -0.2) is 47.1 Å². The van der Waals surface area contributed by atoms with E-state index in [1.165, 1.54) is 61.2 Å². The van der Waals surface area contributed by atoms with E-state index in [1.54, 1.807) is 14.2 Å². The van der Waals surface area contributed by atoms with Crippen LogP contribution < -0.4 is 19.6 Å². The number of benzene rings is 1. The van der Waals surface area contributed by atoms with Crippen molar-refractivity contribution in [1.29, 1.82) is 0 Å². The molecule has 7 nitrogen and oxygen atoms in total. The van der Waals surface area contributed by atoms with Crippen LogP contribution in [0, 0.1) is 0 Å². The van der Waals surface area contributed by atoms with Crippen molar-refractivity contribution in [1.82, 2.24) is 19.8 Å². The number of fused-ring (bicyclic) bond motifs is 1. The zero-order valence-electron chi connectivity index (χ0n) is 26.0. The number of rotatable bonds is 15. The van der Waals surface area contributed by atoms with Gasteiger partial charge < -0.3 is 14.4 Å². The second-order valence-corrected chi connectivity index (χ2v) is 12.9. The number of unbranched alkanes of at least 4 members (excludes halogenated alkanes) is 6. The number of methoxy groups -OCH3 is 2. The summed E-state index contributed by atoms with van der Waals surface area (Å²) in [5, 5.41) is 16.6. The lowest BCUT2D eigenvalue weighted by Gasteiger charge is -2.23. The number of nitrogens with zero attached hydrogens (tertiary/aromatic N) is 5. The van der Waals surface area contributed by atoms with Gasteiger partial charge in [-0.25, -0.2) is 0 Å². The van der Waals surface area contributed by atoms with Crippen molar-refractivity contribution in [3.05, 3.63) is 46.1 Å². The second-order valence-electron chi connectivity index (χ2n) is 11.8. The summed E-state index contributed by atoms with van der Waals surface area (Å²) in [6.07, 6.45) is 12.5. The van der Waals surface area contributed by atoms with E-state index < -0.39 is 0 Å². The number of hydrogen-bond acceptors (Lipinski definition) is 7. The molecule has 41 heavy (non-hydrogen) atoms. The molecule has 0 aliphatic rings. The molecule has 0 fully saturated rings. The average Bonchev–Trinajstić information content (AvgIpc) is 3.68. The number of thiophene rings is 1. The summed E-state index contributed by atoms with van der Waals surface area (Å²) >= 11 is 1.86. The van der Waals surface area contributed by atoms with E-state index in [0.29, 0.717) is 11.6 Å². The summed E-state index contributed by atoms with van der Waals surface area (Å²) < 4.78 is 13.0. The lowest BCUT2D eigenvalue weighted by atomic mass is 9.91. The molecule has 4 rings (SSSR count). The van der Waals surface area contributed by atoms with Crippen LogP contribution in [0.5, 0.6) is 11.5 Å². The molecule has 3 heterocycles. The molecule has 0 saturated heterocycles. The minimum atomic E-state index is -0.174. The smallest absolute Gasteiger partial charge is 0.189 e. The van der Waals surface area contributed by atoms with E-state index in [1.807, 2.05) is 34.1 Å². The van der Waals surface area contributed by atoms with Crippen molar-refractivity contribution in [2.75, 3.05) is 32.2 Å². The van der Waals surface area contributed by atoms with E-state index >= 15 is 0 Å². The van der Waals surface area contributed by atoms with Crippen LogP contribution >= 0.6 is 11.3 Å². The van der Waals surface area contributed by atoms with Crippen molar-refractivity contribution >= 4 is 28.1 Å². The minimum absolute atomic E-state index is 0.174. The number of aromatic nitrogens is 4. The maximum atomic E-state index is 5.65. The predicted octanol–water partition coefficient (Wildman–Crippen LogP) is 7.68. The average molecular weight is 578 g/mol. The molecule has 222 valence electrons. The predicted molar refractivity (Wildman–Crippen MR) is 172 cm³/mol. The monoisotopic (exact) mass is 577 g/mol. The summed E-state index contributed by atoms with van der Waals surface area (Å²) in [5.74, 6) is 2.07. The first kappa shape index (κ1) is 30.8. The molecular weight excluding hydrogens is 530 g/mol. The Labute approximate surface area is 249 Å². The molecule has 0 bridgehead atoms. The Morgan fingerprint density at radius 1 is 0.878 bits per heavy atom. The van der Waals surface area contributed by atoms with Gasteiger partial charge in [-0.1, -0.05) is 73.1 Å².